The fraction of sp³-hybridized carbons (Fsp3) is 0.278. The molecule has 1 amide bonds. The molecule has 7 nitrogen and oxygen atoms in total. The van der Waals surface area contributed by atoms with Gasteiger partial charge in [-0.3, -0.25) is 14.0 Å². The van der Waals surface area contributed by atoms with Crippen molar-refractivity contribution in [3.8, 4) is 0 Å². The minimum Gasteiger partial charge on any atom is -0.326 e. The molecule has 0 aliphatic carbocycles. The Morgan fingerprint density at radius 1 is 1.15 bits per heavy atom. The Labute approximate surface area is 155 Å². The van der Waals surface area contributed by atoms with Crippen LogP contribution in [-0.4, -0.2) is 37.0 Å². The van der Waals surface area contributed by atoms with Gasteiger partial charge in [-0.2, -0.15) is 0 Å². The van der Waals surface area contributed by atoms with E-state index in [1.54, 1.807) is 24.3 Å². The van der Waals surface area contributed by atoms with E-state index in [-0.39, 0.29) is 11.7 Å². The molecular weight excluding hydrogens is 350 g/mol. The van der Waals surface area contributed by atoms with E-state index in [9.17, 15) is 9.59 Å². The summed E-state index contributed by atoms with van der Waals surface area (Å²) in [6.07, 6.45) is 0.340. The number of rotatable bonds is 6. The molecule has 3 aromatic rings. The maximum atomic E-state index is 12.1. The molecule has 1 aromatic carbocycles. The van der Waals surface area contributed by atoms with Crippen molar-refractivity contribution in [2.45, 2.75) is 32.3 Å². The predicted molar refractivity (Wildman–Crippen MR) is 101 cm³/mol. The first kappa shape index (κ1) is 18.1. The van der Waals surface area contributed by atoms with E-state index < -0.39 is 0 Å². The smallest absolute Gasteiger partial charge is 0.225 e. The van der Waals surface area contributed by atoms with E-state index >= 15 is 0 Å². The number of ketones is 1. The zero-order chi connectivity index (χ0) is 18.7. The van der Waals surface area contributed by atoms with Crippen molar-refractivity contribution in [1.82, 2.24) is 19.6 Å². The lowest BCUT2D eigenvalue weighted by atomic mass is 10.1. The quantitative estimate of drug-likeness (QED) is 0.531. The van der Waals surface area contributed by atoms with Crippen molar-refractivity contribution in [2.24, 2.45) is 0 Å². The summed E-state index contributed by atoms with van der Waals surface area (Å²) < 4.78 is 1.88. The van der Waals surface area contributed by atoms with Crippen LogP contribution in [0.2, 0.25) is 0 Å². The second-order valence-electron chi connectivity index (χ2n) is 5.90. The average Bonchev–Trinajstić information content (AvgIpc) is 2.98. The third kappa shape index (κ3) is 4.08. The highest BCUT2D eigenvalue weighted by atomic mass is 32.2. The molecule has 0 saturated carbocycles. The Morgan fingerprint density at radius 2 is 1.88 bits per heavy atom. The Hall–Kier alpha value is -2.74. The number of benzene rings is 1. The number of carbonyl (C=O) groups excluding carboxylic acids is 2. The van der Waals surface area contributed by atoms with Crippen LogP contribution in [-0.2, 0) is 4.79 Å². The highest BCUT2D eigenvalue weighted by Crippen LogP contribution is 2.20. The van der Waals surface area contributed by atoms with E-state index in [2.05, 4.69) is 20.5 Å². The Kier molecular flexibility index (Phi) is 5.32. The summed E-state index contributed by atoms with van der Waals surface area (Å²) >= 11 is 1.47. The molecule has 0 radical (unpaired) electrons. The van der Waals surface area contributed by atoms with E-state index in [4.69, 9.17) is 0 Å². The van der Waals surface area contributed by atoms with Gasteiger partial charge < -0.3 is 5.32 Å². The largest absolute Gasteiger partial charge is 0.326 e. The van der Waals surface area contributed by atoms with Crippen LogP contribution in [0.5, 0.6) is 0 Å². The van der Waals surface area contributed by atoms with Gasteiger partial charge in [0.2, 0.25) is 5.91 Å². The van der Waals surface area contributed by atoms with Gasteiger partial charge in [0, 0.05) is 35.2 Å². The van der Waals surface area contributed by atoms with Crippen molar-refractivity contribution in [3.05, 3.63) is 47.4 Å². The number of carbonyl (C=O) groups is 2. The van der Waals surface area contributed by atoms with Gasteiger partial charge >= 0.3 is 0 Å². The first-order chi connectivity index (χ1) is 12.4. The van der Waals surface area contributed by atoms with Crippen LogP contribution in [0.25, 0.3) is 5.65 Å². The topological polar surface area (TPSA) is 89.2 Å². The molecule has 0 aliphatic heterocycles. The summed E-state index contributed by atoms with van der Waals surface area (Å²) in [4.78, 5) is 27.8. The van der Waals surface area contributed by atoms with Crippen molar-refractivity contribution >= 4 is 34.8 Å². The van der Waals surface area contributed by atoms with Crippen LogP contribution in [0.4, 0.5) is 5.69 Å². The van der Waals surface area contributed by atoms with E-state index in [0.717, 1.165) is 22.3 Å². The number of amides is 1. The lowest BCUT2D eigenvalue weighted by Gasteiger charge is -2.06. The number of nitrogens with zero attached hydrogens (tertiary/aromatic N) is 4. The molecule has 0 spiro atoms. The first-order valence-corrected chi connectivity index (χ1v) is 9.15. The van der Waals surface area contributed by atoms with Crippen LogP contribution < -0.4 is 5.32 Å². The number of fused-ring (bicyclic) bond motifs is 1. The van der Waals surface area contributed by atoms with Crippen molar-refractivity contribution in [1.29, 1.82) is 0 Å². The highest BCUT2D eigenvalue weighted by molar-refractivity contribution is 7.99. The molecule has 0 bridgehead atoms. The zero-order valence-corrected chi connectivity index (χ0v) is 15.6. The van der Waals surface area contributed by atoms with Crippen molar-refractivity contribution < 1.29 is 9.59 Å². The molecule has 2 aromatic heterocycles. The average molecular weight is 369 g/mol. The number of hydrogen-bond acceptors (Lipinski definition) is 6. The molecule has 0 atom stereocenters. The number of aryl methyl sites for hydroxylation is 2. The molecule has 0 fully saturated rings. The normalized spacial score (nSPS) is 10.9. The van der Waals surface area contributed by atoms with Crippen molar-refractivity contribution in [3.63, 3.8) is 0 Å². The molecule has 134 valence electrons. The molecule has 3 rings (SSSR count). The second kappa shape index (κ2) is 7.65. The summed E-state index contributed by atoms with van der Waals surface area (Å²) in [5.41, 5.74) is 2.95. The number of aromatic nitrogens is 4. The Morgan fingerprint density at radius 3 is 2.58 bits per heavy atom. The van der Waals surface area contributed by atoms with Gasteiger partial charge in [0.15, 0.2) is 16.6 Å². The Bertz CT molecular complexity index is 966. The Balaban J connectivity index is 1.56. The van der Waals surface area contributed by atoms with E-state index in [1.165, 1.54) is 18.7 Å². The van der Waals surface area contributed by atoms with Crippen molar-refractivity contribution in [2.75, 3.05) is 11.1 Å². The van der Waals surface area contributed by atoms with Gasteiger partial charge in [-0.15, -0.1) is 10.2 Å². The standard InChI is InChI=1S/C18H19N5O2S/c1-11-10-16-21-22-18(23(16)13(3)19-11)26-9-8-17(25)20-15-6-4-14(5-7-15)12(2)24/h4-7,10H,8-9H2,1-3H3,(H,20,25). The van der Waals surface area contributed by atoms with Gasteiger partial charge in [0.25, 0.3) is 0 Å². The summed E-state index contributed by atoms with van der Waals surface area (Å²) in [5.74, 6) is 1.31. The SMILES string of the molecule is CC(=O)c1ccc(NC(=O)CCSc2nnc3cc(C)nc(C)n23)cc1. The van der Waals surface area contributed by atoms with Gasteiger partial charge in [-0.05, 0) is 45.0 Å². The third-order valence-corrected chi connectivity index (χ3v) is 4.72. The van der Waals surface area contributed by atoms with Crippen LogP contribution in [0.15, 0.2) is 35.5 Å². The minimum atomic E-state index is -0.0902. The number of thioether (sulfide) groups is 1. The summed E-state index contributed by atoms with van der Waals surface area (Å²) in [6.45, 7) is 5.34. The minimum absolute atomic E-state index is 0.000197. The van der Waals surface area contributed by atoms with Crippen LogP contribution in [0, 0.1) is 13.8 Å². The number of hydrogen-bond donors (Lipinski definition) is 1. The molecule has 2 heterocycles. The number of nitrogens with one attached hydrogen (secondary N) is 1. The number of Topliss-reactive ketones (excluding diaryl/α,β-unsaturated/α-hetero) is 1. The van der Waals surface area contributed by atoms with Gasteiger partial charge in [-0.1, -0.05) is 11.8 Å². The molecule has 0 aliphatic rings. The van der Waals surface area contributed by atoms with Crippen LogP contribution in [0.1, 0.15) is 35.2 Å². The predicted octanol–water partition coefficient (Wildman–Crippen LogP) is 3.06. The molecule has 0 unspecified atom stereocenters. The fourth-order valence-electron chi connectivity index (χ4n) is 2.54. The van der Waals surface area contributed by atoms with Gasteiger partial charge in [0.1, 0.15) is 5.82 Å². The highest BCUT2D eigenvalue weighted by Gasteiger charge is 2.11. The first-order valence-electron chi connectivity index (χ1n) is 8.17. The molecule has 8 heteroatoms. The lowest BCUT2D eigenvalue weighted by molar-refractivity contribution is -0.115. The second-order valence-corrected chi connectivity index (χ2v) is 6.96. The van der Waals surface area contributed by atoms with Crippen LogP contribution in [0.3, 0.4) is 0 Å². The number of anilines is 1. The summed E-state index contributed by atoms with van der Waals surface area (Å²) in [6, 6.07) is 8.73. The maximum Gasteiger partial charge on any atom is 0.225 e. The molecule has 1 N–H and O–H groups in total. The summed E-state index contributed by atoms with van der Waals surface area (Å²) in [7, 11) is 0. The zero-order valence-electron chi connectivity index (χ0n) is 14.8. The van der Waals surface area contributed by atoms with Crippen LogP contribution >= 0.6 is 11.8 Å². The van der Waals surface area contributed by atoms with Gasteiger partial charge in [-0.25, -0.2) is 4.98 Å². The molecule has 26 heavy (non-hydrogen) atoms. The molecule has 0 saturated heterocycles. The maximum absolute atomic E-state index is 12.1. The monoisotopic (exact) mass is 369 g/mol. The molecular formula is C18H19N5O2S. The third-order valence-electron chi connectivity index (χ3n) is 3.79. The summed E-state index contributed by atoms with van der Waals surface area (Å²) in [5, 5.41) is 11.9. The van der Waals surface area contributed by atoms with E-state index in [0.29, 0.717) is 23.4 Å². The van der Waals surface area contributed by atoms with E-state index in [1.807, 2.05) is 24.3 Å². The van der Waals surface area contributed by atoms with Gasteiger partial charge in [0.05, 0.1) is 0 Å². The fourth-order valence-corrected chi connectivity index (χ4v) is 3.47. The lowest BCUT2D eigenvalue weighted by Crippen LogP contribution is -2.12.